The summed E-state index contributed by atoms with van der Waals surface area (Å²) in [7, 11) is 1.32. The number of esters is 1. The maximum absolute atomic E-state index is 12.1. The van der Waals surface area contributed by atoms with Gasteiger partial charge in [-0.25, -0.2) is 4.79 Å². The van der Waals surface area contributed by atoms with E-state index in [1.807, 2.05) is 24.3 Å². The molecule has 28 heavy (non-hydrogen) atoms. The second kappa shape index (κ2) is 9.26. The zero-order chi connectivity index (χ0) is 19.9. The fraction of sp³-hybridized carbons (Fsp3) is 0.364. The second-order valence-electron chi connectivity index (χ2n) is 7.07. The van der Waals surface area contributed by atoms with E-state index in [-0.39, 0.29) is 12.5 Å². The lowest BCUT2D eigenvalue weighted by atomic mass is 9.99. The molecular weight excluding hydrogens is 356 g/mol. The van der Waals surface area contributed by atoms with Crippen molar-refractivity contribution < 1.29 is 19.1 Å². The molecule has 1 fully saturated rings. The van der Waals surface area contributed by atoms with E-state index in [0.29, 0.717) is 11.3 Å². The van der Waals surface area contributed by atoms with Crippen LogP contribution in [0.3, 0.4) is 0 Å². The summed E-state index contributed by atoms with van der Waals surface area (Å²) >= 11 is 0. The highest BCUT2D eigenvalue weighted by molar-refractivity contribution is 5.92. The molecule has 0 aliphatic carbocycles. The molecule has 1 amide bonds. The van der Waals surface area contributed by atoms with Crippen molar-refractivity contribution in [1.29, 1.82) is 0 Å². The summed E-state index contributed by atoms with van der Waals surface area (Å²) in [5, 5.41) is 2.82. The van der Waals surface area contributed by atoms with Crippen LogP contribution in [0.25, 0.3) is 0 Å². The first kappa shape index (κ1) is 19.7. The van der Waals surface area contributed by atoms with E-state index in [9.17, 15) is 9.59 Å². The van der Waals surface area contributed by atoms with Gasteiger partial charge in [0.1, 0.15) is 5.75 Å². The van der Waals surface area contributed by atoms with Crippen LogP contribution in [0, 0.1) is 5.92 Å². The molecule has 148 valence electrons. The molecule has 1 aliphatic rings. The Balaban J connectivity index is 1.50. The minimum Gasteiger partial charge on any atom is -0.484 e. The number of ether oxygens (including phenoxy) is 2. The van der Waals surface area contributed by atoms with Crippen LogP contribution in [-0.2, 0) is 9.53 Å². The summed E-state index contributed by atoms with van der Waals surface area (Å²) < 4.78 is 10.2. The van der Waals surface area contributed by atoms with Crippen LogP contribution in [0.5, 0.6) is 5.75 Å². The van der Waals surface area contributed by atoms with Crippen molar-refractivity contribution in [2.24, 2.45) is 5.92 Å². The van der Waals surface area contributed by atoms with Gasteiger partial charge in [0.2, 0.25) is 0 Å². The zero-order valence-corrected chi connectivity index (χ0v) is 16.3. The average Bonchev–Trinajstić information content (AvgIpc) is 2.73. The van der Waals surface area contributed by atoms with Crippen molar-refractivity contribution in [3.63, 3.8) is 0 Å². The zero-order valence-electron chi connectivity index (χ0n) is 16.3. The molecule has 0 bridgehead atoms. The van der Waals surface area contributed by atoms with Crippen molar-refractivity contribution in [3.05, 3.63) is 54.1 Å². The third-order valence-electron chi connectivity index (χ3n) is 4.92. The average molecular weight is 382 g/mol. The largest absolute Gasteiger partial charge is 0.484 e. The molecule has 0 unspecified atom stereocenters. The van der Waals surface area contributed by atoms with Gasteiger partial charge in [-0.1, -0.05) is 13.0 Å². The van der Waals surface area contributed by atoms with E-state index in [2.05, 4.69) is 21.9 Å². The van der Waals surface area contributed by atoms with Crippen LogP contribution >= 0.6 is 0 Å². The molecule has 0 radical (unpaired) electrons. The van der Waals surface area contributed by atoms with Crippen molar-refractivity contribution in [3.8, 4) is 5.75 Å². The Bertz CT molecular complexity index is 812. The van der Waals surface area contributed by atoms with Crippen LogP contribution < -0.4 is 15.0 Å². The van der Waals surface area contributed by atoms with E-state index < -0.39 is 5.97 Å². The van der Waals surface area contributed by atoms with E-state index in [4.69, 9.17) is 4.74 Å². The van der Waals surface area contributed by atoms with Crippen molar-refractivity contribution in [1.82, 2.24) is 0 Å². The fourth-order valence-corrected chi connectivity index (χ4v) is 3.20. The molecule has 3 rings (SSSR count). The first-order valence-electron chi connectivity index (χ1n) is 9.51. The smallest absolute Gasteiger partial charge is 0.337 e. The van der Waals surface area contributed by atoms with Gasteiger partial charge in [-0.2, -0.15) is 0 Å². The third-order valence-corrected chi connectivity index (χ3v) is 4.92. The minimum absolute atomic E-state index is 0.142. The molecule has 2 aromatic carbocycles. The van der Waals surface area contributed by atoms with Gasteiger partial charge in [0.05, 0.1) is 12.7 Å². The summed E-state index contributed by atoms with van der Waals surface area (Å²) in [6.45, 7) is 4.30. The molecule has 1 N–H and O–H groups in total. The van der Waals surface area contributed by atoms with Gasteiger partial charge in [-0.15, -0.1) is 0 Å². The van der Waals surface area contributed by atoms with Crippen molar-refractivity contribution >= 4 is 23.3 Å². The predicted octanol–water partition coefficient (Wildman–Crippen LogP) is 3.73. The van der Waals surface area contributed by atoms with Crippen LogP contribution in [0.1, 0.15) is 30.1 Å². The summed E-state index contributed by atoms with van der Waals surface area (Å²) in [6, 6.07) is 14.4. The number of nitrogens with one attached hydrogen (secondary N) is 1. The standard InChI is InChI=1S/C22H26N2O4/c1-16-10-12-24(13-11-16)19-8-6-18(7-9-19)23-21(25)15-28-20-5-3-4-17(14-20)22(26)27-2/h3-9,14,16H,10-13,15H2,1-2H3,(H,23,25). The van der Waals surface area contributed by atoms with Gasteiger partial charge in [0.25, 0.3) is 5.91 Å². The number of nitrogens with zero attached hydrogens (tertiary/aromatic N) is 1. The lowest BCUT2D eigenvalue weighted by molar-refractivity contribution is -0.118. The van der Waals surface area contributed by atoms with E-state index in [0.717, 1.165) is 24.7 Å². The number of rotatable bonds is 6. The Morgan fingerprint density at radius 2 is 1.82 bits per heavy atom. The number of anilines is 2. The molecule has 0 spiro atoms. The topological polar surface area (TPSA) is 67.9 Å². The number of carbonyl (C=O) groups excluding carboxylic acids is 2. The van der Waals surface area contributed by atoms with E-state index >= 15 is 0 Å². The molecule has 1 saturated heterocycles. The van der Waals surface area contributed by atoms with Gasteiger partial charge in [-0.3, -0.25) is 4.79 Å². The van der Waals surface area contributed by atoms with Gasteiger partial charge in [0.15, 0.2) is 6.61 Å². The Hall–Kier alpha value is -3.02. The number of carbonyl (C=O) groups is 2. The highest BCUT2D eigenvalue weighted by Crippen LogP contribution is 2.24. The Kier molecular flexibility index (Phi) is 6.53. The summed E-state index contributed by atoms with van der Waals surface area (Å²) in [4.78, 5) is 26.1. The molecular formula is C22H26N2O4. The molecule has 1 aliphatic heterocycles. The molecule has 0 saturated carbocycles. The molecule has 6 nitrogen and oxygen atoms in total. The van der Waals surface area contributed by atoms with Gasteiger partial charge < -0.3 is 19.7 Å². The number of amides is 1. The number of piperidine rings is 1. The minimum atomic E-state index is -0.446. The number of methoxy groups -OCH3 is 1. The Morgan fingerprint density at radius 1 is 1.11 bits per heavy atom. The normalized spacial score (nSPS) is 14.4. The third kappa shape index (κ3) is 5.25. The predicted molar refractivity (Wildman–Crippen MR) is 109 cm³/mol. The summed E-state index contributed by atoms with van der Waals surface area (Å²) in [6.07, 6.45) is 2.43. The van der Waals surface area contributed by atoms with Gasteiger partial charge in [0, 0.05) is 24.5 Å². The number of benzene rings is 2. The molecule has 0 atom stereocenters. The first-order valence-corrected chi connectivity index (χ1v) is 9.51. The van der Waals surface area contributed by atoms with Crippen LogP contribution in [0.2, 0.25) is 0 Å². The van der Waals surface area contributed by atoms with E-state index in [1.165, 1.54) is 25.6 Å². The summed E-state index contributed by atoms with van der Waals surface area (Å²) in [5.74, 6) is 0.525. The first-order chi connectivity index (χ1) is 13.5. The Morgan fingerprint density at radius 3 is 2.50 bits per heavy atom. The monoisotopic (exact) mass is 382 g/mol. The molecule has 0 aromatic heterocycles. The molecule has 6 heteroatoms. The summed E-state index contributed by atoms with van der Waals surface area (Å²) in [5.41, 5.74) is 2.29. The highest BCUT2D eigenvalue weighted by atomic mass is 16.5. The lowest BCUT2D eigenvalue weighted by Gasteiger charge is -2.32. The van der Waals surface area contributed by atoms with Gasteiger partial charge in [-0.05, 0) is 61.2 Å². The quantitative estimate of drug-likeness (QED) is 0.771. The van der Waals surface area contributed by atoms with Crippen molar-refractivity contribution in [2.45, 2.75) is 19.8 Å². The fourth-order valence-electron chi connectivity index (χ4n) is 3.20. The maximum atomic E-state index is 12.1. The maximum Gasteiger partial charge on any atom is 0.337 e. The molecule has 2 aromatic rings. The number of hydrogen-bond acceptors (Lipinski definition) is 5. The molecule has 1 heterocycles. The lowest BCUT2D eigenvalue weighted by Crippen LogP contribution is -2.32. The van der Waals surface area contributed by atoms with Gasteiger partial charge >= 0.3 is 5.97 Å². The SMILES string of the molecule is COC(=O)c1cccc(OCC(=O)Nc2ccc(N3CCC(C)CC3)cc2)c1. The Labute approximate surface area is 165 Å². The second-order valence-corrected chi connectivity index (χ2v) is 7.07. The van der Waals surface area contributed by atoms with Crippen LogP contribution in [0.15, 0.2) is 48.5 Å². The number of hydrogen-bond donors (Lipinski definition) is 1. The van der Waals surface area contributed by atoms with Crippen LogP contribution in [-0.4, -0.2) is 38.7 Å². The van der Waals surface area contributed by atoms with E-state index in [1.54, 1.807) is 24.3 Å². The van der Waals surface area contributed by atoms with Crippen molar-refractivity contribution in [2.75, 3.05) is 37.0 Å². The highest BCUT2D eigenvalue weighted by Gasteiger charge is 2.16. The van der Waals surface area contributed by atoms with Crippen LogP contribution in [0.4, 0.5) is 11.4 Å².